The highest BCUT2D eigenvalue weighted by molar-refractivity contribution is 5.20. The second kappa shape index (κ2) is 6.22. The topological polar surface area (TPSA) is 44.7 Å². The van der Waals surface area contributed by atoms with Gasteiger partial charge in [-0.15, -0.1) is 0 Å². The van der Waals surface area contributed by atoms with E-state index in [-0.39, 0.29) is 0 Å². The van der Waals surface area contributed by atoms with E-state index in [4.69, 9.17) is 4.74 Å². The Morgan fingerprint density at radius 3 is 2.75 bits per heavy atom. The van der Waals surface area contributed by atoms with E-state index < -0.39 is 5.60 Å². The molecule has 0 spiro atoms. The van der Waals surface area contributed by atoms with Gasteiger partial charge in [0, 0.05) is 58.3 Å². The molecule has 3 rings (SSSR count). The zero-order chi connectivity index (χ0) is 13.8. The highest BCUT2D eigenvalue weighted by atomic mass is 16.5. The maximum atomic E-state index is 10.7. The lowest BCUT2D eigenvalue weighted by molar-refractivity contribution is -0.0873. The monoisotopic (exact) mass is 276 g/mol. The summed E-state index contributed by atoms with van der Waals surface area (Å²) in [5.41, 5.74) is 0.748. The van der Waals surface area contributed by atoms with Crippen LogP contribution in [0.5, 0.6) is 0 Å². The molecule has 110 valence electrons. The summed E-state index contributed by atoms with van der Waals surface area (Å²) >= 11 is 0. The van der Waals surface area contributed by atoms with Crippen molar-refractivity contribution < 1.29 is 9.84 Å². The summed E-state index contributed by atoms with van der Waals surface area (Å²) in [5.74, 6) is 0. The Bertz CT molecular complexity index is 418. The van der Waals surface area contributed by atoms with Crippen molar-refractivity contribution >= 4 is 0 Å². The van der Waals surface area contributed by atoms with E-state index in [9.17, 15) is 5.11 Å². The molecule has 4 nitrogen and oxygen atoms in total. The molecule has 0 aromatic heterocycles. The van der Waals surface area contributed by atoms with E-state index in [1.165, 1.54) is 5.56 Å². The van der Waals surface area contributed by atoms with Gasteiger partial charge in [0.2, 0.25) is 0 Å². The molecular weight excluding hydrogens is 252 g/mol. The number of ether oxygens (including phenoxy) is 1. The molecule has 2 aliphatic heterocycles. The maximum absolute atomic E-state index is 10.7. The van der Waals surface area contributed by atoms with Gasteiger partial charge in [-0.05, 0) is 5.56 Å². The van der Waals surface area contributed by atoms with Crippen molar-refractivity contribution in [3.63, 3.8) is 0 Å². The van der Waals surface area contributed by atoms with Crippen molar-refractivity contribution in [1.82, 2.24) is 10.2 Å². The molecule has 0 unspecified atom stereocenters. The Morgan fingerprint density at radius 2 is 2.00 bits per heavy atom. The third-order valence-electron chi connectivity index (χ3n) is 4.46. The lowest BCUT2D eigenvalue weighted by Gasteiger charge is -2.42. The van der Waals surface area contributed by atoms with Crippen LogP contribution in [0.3, 0.4) is 0 Å². The molecule has 1 atom stereocenters. The number of nitrogens with zero attached hydrogens (tertiary/aromatic N) is 1. The highest BCUT2D eigenvalue weighted by Gasteiger charge is 2.35. The van der Waals surface area contributed by atoms with Crippen LogP contribution in [0.4, 0.5) is 0 Å². The minimum absolute atomic E-state index is 0.358. The molecule has 2 aliphatic rings. The lowest BCUT2D eigenvalue weighted by Crippen LogP contribution is -2.53. The van der Waals surface area contributed by atoms with E-state index in [2.05, 4.69) is 40.5 Å². The Balaban J connectivity index is 1.72. The molecule has 0 bridgehead atoms. The van der Waals surface area contributed by atoms with Crippen LogP contribution in [0.1, 0.15) is 24.4 Å². The zero-order valence-corrected chi connectivity index (χ0v) is 11.9. The molecular formula is C16H24N2O2. The predicted octanol–water partition coefficient (Wildman–Crippen LogP) is 1.17. The van der Waals surface area contributed by atoms with Crippen LogP contribution in [-0.2, 0) is 4.74 Å². The van der Waals surface area contributed by atoms with Crippen molar-refractivity contribution in [2.75, 3.05) is 39.4 Å². The van der Waals surface area contributed by atoms with Crippen molar-refractivity contribution in [2.45, 2.75) is 24.5 Å². The predicted molar refractivity (Wildman–Crippen MR) is 78.6 cm³/mol. The van der Waals surface area contributed by atoms with Crippen LogP contribution < -0.4 is 5.32 Å². The summed E-state index contributed by atoms with van der Waals surface area (Å²) in [7, 11) is 0. The van der Waals surface area contributed by atoms with Crippen LogP contribution in [0, 0.1) is 0 Å². The van der Waals surface area contributed by atoms with Gasteiger partial charge >= 0.3 is 0 Å². The third-order valence-corrected chi connectivity index (χ3v) is 4.46. The molecule has 1 aromatic rings. The van der Waals surface area contributed by atoms with E-state index >= 15 is 0 Å². The number of rotatable bonds is 3. The second-order valence-corrected chi connectivity index (χ2v) is 5.94. The van der Waals surface area contributed by atoms with Gasteiger partial charge < -0.3 is 15.2 Å². The molecule has 0 radical (unpaired) electrons. The zero-order valence-electron chi connectivity index (χ0n) is 11.9. The van der Waals surface area contributed by atoms with Gasteiger partial charge in [0.1, 0.15) is 0 Å². The van der Waals surface area contributed by atoms with Crippen LogP contribution in [0.2, 0.25) is 0 Å². The number of piperazine rings is 1. The van der Waals surface area contributed by atoms with Gasteiger partial charge in [0.25, 0.3) is 0 Å². The quantitative estimate of drug-likeness (QED) is 0.870. The minimum atomic E-state index is -0.581. The molecule has 2 saturated heterocycles. The van der Waals surface area contributed by atoms with Gasteiger partial charge in [0.15, 0.2) is 0 Å². The second-order valence-electron chi connectivity index (χ2n) is 5.94. The van der Waals surface area contributed by atoms with Gasteiger partial charge in [-0.25, -0.2) is 0 Å². The van der Waals surface area contributed by atoms with Gasteiger partial charge in [-0.3, -0.25) is 4.90 Å². The van der Waals surface area contributed by atoms with Gasteiger partial charge in [0.05, 0.1) is 5.60 Å². The Morgan fingerprint density at radius 1 is 1.25 bits per heavy atom. The van der Waals surface area contributed by atoms with Crippen molar-refractivity contribution in [3.8, 4) is 0 Å². The number of nitrogens with one attached hydrogen (secondary N) is 1. The van der Waals surface area contributed by atoms with Gasteiger partial charge in [-0.1, -0.05) is 30.3 Å². The summed E-state index contributed by atoms with van der Waals surface area (Å²) in [6, 6.07) is 10.9. The molecule has 20 heavy (non-hydrogen) atoms. The fourth-order valence-electron chi connectivity index (χ4n) is 3.23. The van der Waals surface area contributed by atoms with Crippen LogP contribution in [0.15, 0.2) is 30.3 Å². The SMILES string of the molecule is OC1(CN2CCNC[C@H]2c2ccccc2)CCOCC1. The first kappa shape index (κ1) is 14.0. The highest BCUT2D eigenvalue weighted by Crippen LogP contribution is 2.28. The first-order valence-corrected chi connectivity index (χ1v) is 7.57. The van der Waals surface area contributed by atoms with Crippen molar-refractivity contribution in [1.29, 1.82) is 0 Å². The fraction of sp³-hybridized carbons (Fsp3) is 0.625. The molecule has 4 heteroatoms. The fourth-order valence-corrected chi connectivity index (χ4v) is 3.23. The molecule has 2 heterocycles. The van der Waals surface area contributed by atoms with Crippen LogP contribution in [-0.4, -0.2) is 55.0 Å². The largest absolute Gasteiger partial charge is 0.388 e. The number of hydrogen-bond donors (Lipinski definition) is 2. The number of β-amino-alcohol motifs (C(OH)–C–C–N with tert-alkyl or cyclic N) is 1. The number of aliphatic hydroxyl groups is 1. The third kappa shape index (κ3) is 3.20. The molecule has 2 N–H and O–H groups in total. The summed E-state index contributed by atoms with van der Waals surface area (Å²) in [4.78, 5) is 2.43. The Labute approximate surface area is 120 Å². The first-order valence-electron chi connectivity index (χ1n) is 7.57. The normalized spacial score (nSPS) is 27.4. The molecule has 0 saturated carbocycles. The van der Waals surface area contributed by atoms with E-state index in [1.807, 2.05) is 0 Å². The standard InChI is InChI=1S/C16H24N2O2/c19-16(6-10-20-11-7-16)13-18-9-8-17-12-15(18)14-4-2-1-3-5-14/h1-5,15,17,19H,6-13H2/t15-/m0/s1. The lowest BCUT2D eigenvalue weighted by atomic mass is 9.92. The molecule has 2 fully saturated rings. The molecule has 0 amide bonds. The number of hydrogen-bond acceptors (Lipinski definition) is 4. The average Bonchev–Trinajstić information content (AvgIpc) is 2.49. The summed E-state index contributed by atoms with van der Waals surface area (Å²) in [5, 5.41) is 14.2. The van der Waals surface area contributed by atoms with E-state index in [0.29, 0.717) is 19.3 Å². The van der Waals surface area contributed by atoms with E-state index in [0.717, 1.165) is 39.0 Å². The molecule has 0 aliphatic carbocycles. The maximum Gasteiger partial charge on any atom is 0.0818 e. The number of benzene rings is 1. The van der Waals surface area contributed by atoms with Crippen LogP contribution >= 0.6 is 0 Å². The Kier molecular flexibility index (Phi) is 4.36. The summed E-state index contributed by atoms with van der Waals surface area (Å²) < 4.78 is 5.37. The smallest absolute Gasteiger partial charge is 0.0818 e. The van der Waals surface area contributed by atoms with E-state index in [1.54, 1.807) is 0 Å². The van der Waals surface area contributed by atoms with Crippen molar-refractivity contribution in [2.24, 2.45) is 0 Å². The summed E-state index contributed by atoms with van der Waals surface area (Å²) in [6.07, 6.45) is 1.50. The summed E-state index contributed by atoms with van der Waals surface area (Å²) in [6.45, 7) is 5.05. The Hall–Kier alpha value is -0.940. The first-order chi connectivity index (χ1) is 9.77. The van der Waals surface area contributed by atoms with Crippen molar-refractivity contribution in [3.05, 3.63) is 35.9 Å². The van der Waals surface area contributed by atoms with Gasteiger partial charge in [-0.2, -0.15) is 0 Å². The molecule has 1 aromatic carbocycles. The van der Waals surface area contributed by atoms with Crippen LogP contribution in [0.25, 0.3) is 0 Å². The minimum Gasteiger partial charge on any atom is -0.388 e. The average molecular weight is 276 g/mol.